The first-order valence-corrected chi connectivity index (χ1v) is 18.2. The van der Waals surface area contributed by atoms with Crippen molar-refractivity contribution < 1.29 is 23.9 Å². The van der Waals surface area contributed by atoms with Gasteiger partial charge in [0.1, 0.15) is 5.75 Å². The van der Waals surface area contributed by atoms with Crippen LogP contribution >= 0.6 is 11.6 Å². The van der Waals surface area contributed by atoms with Crippen LogP contribution in [-0.2, 0) is 14.3 Å². The molecule has 2 amide bonds. The number of ketones is 1. The number of hydrogen-bond acceptors (Lipinski definition) is 5. The molecule has 0 heterocycles. The first-order chi connectivity index (χ1) is 24.7. The monoisotopic (exact) mass is 714 g/mol. The van der Waals surface area contributed by atoms with Crippen LogP contribution in [0.25, 0.3) is 0 Å². The zero-order valence-electron chi connectivity index (χ0n) is 30.5. The van der Waals surface area contributed by atoms with E-state index in [9.17, 15) is 14.4 Å². The van der Waals surface area contributed by atoms with E-state index < -0.39 is 5.60 Å². The SMILES string of the molecule is CCC=CCC=CCC=CCC=CCC=CCC=CCCC(=O)NCCOCCNC(=O)C(C)(C)Oc1ccc(C(=O)c2ccc(Cl)cc2)cc1. The predicted octanol–water partition coefficient (Wildman–Crippen LogP) is 9.46. The number of benzene rings is 2. The Morgan fingerprint density at radius 1 is 0.647 bits per heavy atom. The molecule has 2 rings (SSSR count). The summed E-state index contributed by atoms with van der Waals surface area (Å²) in [6.45, 7) is 6.85. The molecule has 2 N–H and O–H groups in total. The Kier molecular flexibility index (Phi) is 22.1. The van der Waals surface area contributed by atoms with Crippen molar-refractivity contribution in [1.29, 1.82) is 0 Å². The number of hydrogen-bond donors (Lipinski definition) is 2. The molecule has 7 nitrogen and oxygen atoms in total. The summed E-state index contributed by atoms with van der Waals surface area (Å²) in [4.78, 5) is 37.5. The molecule has 0 saturated heterocycles. The number of carbonyl (C=O) groups is 3. The molecule has 0 spiro atoms. The quantitative estimate of drug-likeness (QED) is 0.0607. The van der Waals surface area contributed by atoms with Gasteiger partial charge in [-0.1, -0.05) is 91.4 Å². The third-order valence-electron chi connectivity index (χ3n) is 7.38. The third kappa shape index (κ3) is 20.1. The Morgan fingerprint density at radius 3 is 1.61 bits per heavy atom. The van der Waals surface area contributed by atoms with E-state index in [1.165, 1.54) is 0 Å². The van der Waals surface area contributed by atoms with Crippen molar-refractivity contribution in [2.75, 3.05) is 26.3 Å². The summed E-state index contributed by atoms with van der Waals surface area (Å²) < 4.78 is 11.4. The van der Waals surface area contributed by atoms with Gasteiger partial charge in [0.2, 0.25) is 5.91 Å². The predicted molar refractivity (Wildman–Crippen MR) is 210 cm³/mol. The smallest absolute Gasteiger partial charge is 0.263 e. The van der Waals surface area contributed by atoms with E-state index in [0.717, 1.165) is 38.5 Å². The number of rotatable bonds is 25. The van der Waals surface area contributed by atoms with Crippen molar-refractivity contribution in [2.24, 2.45) is 0 Å². The Labute approximate surface area is 310 Å². The van der Waals surface area contributed by atoms with E-state index in [1.807, 2.05) is 6.08 Å². The third-order valence-corrected chi connectivity index (χ3v) is 7.63. The van der Waals surface area contributed by atoms with Gasteiger partial charge in [0.25, 0.3) is 5.91 Å². The van der Waals surface area contributed by atoms with Gasteiger partial charge < -0.3 is 20.1 Å². The number of allylic oxidation sites excluding steroid dienone is 12. The van der Waals surface area contributed by atoms with Gasteiger partial charge in [0.15, 0.2) is 11.4 Å². The molecule has 0 radical (unpaired) electrons. The van der Waals surface area contributed by atoms with Gasteiger partial charge in [-0.3, -0.25) is 14.4 Å². The molecule has 274 valence electrons. The van der Waals surface area contributed by atoms with Gasteiger partial charge in [0, 0.05) is 35.7 Å². The maximum atomic E-state index is 12.7. The van der Waals surface area contributed by atoms with E-state index in [2.05, 4.69) is 84.4 Å². The number of nitrogens with one attached hydrogen (secondary N) is 2. The van der Waals surface area contributed by atoms with Gasteiger partial charge in [0.05, 0.1) is 13.2 Å². The zero-order chi connectivity index (χ0) is 37.0. The Balaban J connectivity index is 1.47. The van der Waals surface area contributed by atoms with Crippen LogP contribution in [0.15, 0.2) is 121 Å². The van der Waals surface area contributed by atoms with Crippen LogP contribution in [0, 0.1) is 0 Å². The first kappa shape index (κ1) is 42.7. The second-order valence-corrected chi connectivity index (χ2v) is 12.6. The highest BCUT2D eigenvalue weighted by Crippen LogP contribution is 2.21. The summed E-state index contributed by atoms with van der Waals surface area (Å²) in [5.41, 5.74) is -0.0989. The van der Waals surface area contributed by atoms with Crippen molar-refractivity contribution >= 4 is 29.2 Å². The summed E-state index contributed by atoms with van der Waals surface area (Å²) in [7, 11) is 0. The van der Waals surface area contributed by atoms with Gasteiger partial charge in [-0.05, 0) is 107 Å². The maximum absolute atomic E-state index is 12.7. The van der Waals surface area contributed by atoms with E-state index in [-0.39, 0.29) is 17.6 Å². The number of carbonyl (C=O) groups excluding carboxylic acids is 3. The molecule has 0 atom stereocenters. The van der Waals surface area contributed by atoms with E-state index in [1.54, 1.807) is 62.4 Å². The van der Waals surface area contributed by atoms with Crippen molar-refractivity contribution in [1.82, 2.24) is 10.6 Å². The lowest BCUT2D eigenvalue weighted by Crippen LogP contribution is -2.47. The van der Waals surface area contributed by atoms with Gasteiger partial charge in [-0.25, -0.2) is 0 Å². The van der Waals surface area contributed by atoms with Crippen molar-refractivity contribution in [3.05, 3.63) is 138 Å². The van der Waals surface area contributed by atoms with Crippen molar-refractivity contribution in [2.45, 2.75) is 77.7 Å². The fourth-order valence-electron chi connectivity index (χ4n) is 4.54. The normalized spacial score (nSPS) is 12.3. The van der Waals surface area contributed by atoms with Crippen LogP contribution in [0.4, 0.5) is 0 Å². The first-order valence-electron chi connectivity index (χ1n) is 17.8. The highest BCUT2D eigenvalue weighted by Gasteiger charge is 2.29. The van der Waals surface area contributed by atoms with E-state index in [4.69, 9.17) is 21.1 Å². The minimum Gasteiger partial charge on any atom is -0.478 e. The fourth-order valence-corrected chi connectivity index (χ4v) is 4.67. The van der Waals surface area contributed by atoms with Crippen LogP contribution < -0.4 is 15.4 Å². The molecule has 0 aromatic heterocycles. The molecular formula is C43H55ClN2O5. The van der Waals surface area contributed by atoms with Gasteiger partial charge in [-0.15, -0.1) is 0 Å². The van der Waals surface area contributed by atoms with Crippen LogP contribution in [0.2, 0.25) is 5.02 Å². The Hall–Kier alpha value is -4.46. The van der Waals surface area contributed by atoms with Crippen LogP contribution in [-0.4, -0.2) is 49.5 Å². The van der Waals surface area contributed by atoms with Crippen molar-refractivity contribution in [3.8, 4) is 5.75 Å². The maximum Gasteiger partial charge on any atom is 0.263 e. The molecule has 51 heavy (non-hydrogen) atoms. The van der Waals surface area contributed by atoms with Crippen molar-refractivity contribution in [3.63, 3.8) is 0 Å². The topological polar surface area (TPSA) is 93.7 Å². The molecule has 0 aliphatic rings. The lowest BCUT2D eigenvalue weighted by atomic mass is 10.0. The molecular weight excluding hydrogens is 660 g/mol. The van der Waals surface area contributed by atoms with Crippen LogP contribution in [0.1, 0.15) is 88.1 Å². The molecule has 0 bridgehead atoms. The average molecular weight is 715 g/mol. The summed E-state index contributed by atoms with van der Waals surface area (Å²) >= 11 is 5.91. The van der Waals surface area contributed by atoms with Crippen LogP contribution in [0.5, 0.6) is 5.75 Å². The molecule has 2 aromatic carbocycles. The molecule has 0 unspecified atom stereocenters. The standard InChI is InChI=1S/C43H55ClN2O5/c1-4-5-6-7-8-9-10-11-12-13-14-15-16-17-18-19-20-21-22-23-40(47)45-32-34-50-35-33-46-42(49)43(2,3)51-39-30-26-37(27-31-39)41(48)36-24-28-38(44)29-25-36/h5-6,8-9,11-12,14-15,17-18,20-21,24-31H,4,7,10,13,16,19,22-23,32-35H2,1-3H3,(H,45,47)(H,46,49). The number of amides is 2. The molecule has 2 aromatic rings. The van der Waals surface area contributed by atoms with E-state index >= 15 is 0 Å². The van der Waals surface area contributed by atoms with Gasteiger partial charge >= 0.3 is 0 Å². The highest BCUT2D eigenvalue weighted by molar-refractivity contribution is 6.30. The number of ether oxygens (including phenoxy) is 2. The highest BCUT2D eigenvalue weighted by atomic mass is 35.5. The molecule has 8 heteroatoms. The van der Waals surface area contributed by atoms with Crippen LogP contribution in [0.3, 0.4) is 0 Å². The molecule has 0 fully saturated rings. The lowest BCUT2D eigenvalue weighted by Gasteiger charge is -2.25. The molecule has 0 saturated carbocycles. The average Bonchev–Trinajstić information content (AvgIpc) is 3.12. The second-order valence-electron chi connectivity index (χ2n) is 12.1. The minimum absolute atomic E-state index is 0.0206. The Morgan fingerprint density at radius 2 is 1.10 bits per heavy atom. The van der Waals surface area contributed by atoms with Gasteiger partial charge in [-0.2, -0.15) is 0 Å². The largest absolute Gasteiger partial charge is 0.478 e. The lowest BCUT2D eigenvalue weighted by molar-refractivity contribution is -0.134. The Bertz CT molecular complexity index is 1490. The summed E-state index contributed by atoms with van der Waals surface area (Å²) in [5, 5.41) is 6.23. The fraction of sp³-hybridized carbons (Fsp3) is 0.372. The van der Waals surface area contributed by atoms with E-state index in [0.29, 0.717) is 61.0 Å². The molecule has 0 aliphatic heterocycles. The number of halogens is 1. The molecule has 0 aliphatic carbocycles. The zero-order valence-corrected chi connectivity index (χ0v) is 31.2. The summed E-state index contributed by atoms with van der Waals surface area (Å²) in [6, 6.07) is 13.4. The summed E-state index contributed by atoms with van der Waals surface area (Å²) in [6.07, 6.45) is 32.9. The summed E-state index contributed by atoms with van der Waals surface area (Å²) in [5.74, 6) is 0.0224. The minimum atomic E-state index is -1.14. The second kappa shape index (κ2) is 26.4.